The van der Waals surface area contributed by atoms with Gasteiger partial charge in [0.25, 0.3) is 5.56 Å². The van der Waals surface area contributed by atoms with Crippen LogP contribution in [0.25, 0.3) is 10.9 Å². The molecule has 0 radical (unpaired) electrons. The van der Waals surface area contributed by atoms with Gasteiger partial charge in [0.15, 0.2) is 16.6 Å². The molecule has 0 spiro atoms. The number of aromatic amines is 1. The molecular formula is C24H24FN3O4S. The van der Waals surface area contributed by atoms with Crippen molar-refractivity contribution < 1.29 is 18.6 Å². The zero-order valence-electron chi connectivity index (χ0n) is 17.9. The summed E-state index contributed by atoms with van der Waals surface area (Å²) in [5, 5.41) is 4.63. The van der Waals surface area contributed by atoms with E-state index in [0.29, 0.717) is 40.8 Å². The molecule has 3 heterocycles. The quantitative estimate of drug-likeness (QED) is 0.536. The predicted octanol–water partition coefficient (Wildman–Crippen LogP) is 3.45. The van der Waals surface area contributed by atoms with Crippen LogP contribution in [0.15, 0.2) is 47.3 Å². The number of nitrogens with zero attached hydrogens (tertiary/aromatic N) is 1. The van der Waals surface area contributed by atoms with E-state index in [4.69, 9.17) is 26.4 Å². The van der Waals surface area contributed by atoms with E-state index in [1.165, 1.54) is 12.1 Å². The number of halogens is 1. The van der Waals surface area contributed by atoms with E-state index >= 15 is 0 Å². The first kappa shape index (κ1) is 21.7. The molecule has 0 aliphatic carbocycles. The third kappa shape index (κ3) is 4.94. The van der Waals surface area contributed by atoms with Crippen LogP contribution >= 0.6 is 12.2 Å². The van der Waals surface area contributed by atoms with Crippen LogP contribution in [0.2, 0.25) is 0 Å². The molecular weight excluding hydrogens is 445 g/mol. The maximum absolute atomic E-state index is 13.4. The Hall–Kier alpha value is -3.17. The van der Waals surface area contributed by atoms with Crippen molar-refractivity contribution in [1.29, 1.82) is 0 Å². The van der Waals surface area contributed by atoms with Crippen molar-refractivity contribution in [2.75, 3.05) is 19.9 Å². The summed E-state index contributed by atoms with van der Waals surface area (Å²) in [6.45, 7) is 2.25. The number of hydrogen-bond acceptors (Lipinski definition) is 5. The molecule has 172 valence electrons. The van der Waals surface area contributed by atoms with Crippen molar-refractivity contribution in [2.45, 2.75) is 32.0 Å². The molecule has 9 heteroatoms. The van der Waals surface area contributed by atoms with Crippen LogP contribution < -0.4 is 20.3 Å². The summed E-state index contributed by atoms with van der Waals surface area (Å²) >= 11 is 5.67. The number of benzene rings is 2. The molecule has 3 aromatic rings. The zero-order chi connectivity index (χ0) is 22.8. The third-order valence-corrected chi connectivity index (χ3v) is 6.26. The van der Waals surface area contributed by atoms with Gasteiger partial charge in [-0.3, -0.25) is 4.79 Å². The lowest BCUT2D eigenvalue weighted by molar-refractivity contribution is 0.113. The normalized spacial score (nSPS) is 16.8. The highest BCUT2D eigenvalue weighted by atomic mass is 32.1. The van der Waals surface area contributed by atoms with Crippen molar-refractivity contribution in [1.82, 2.24) is 15.2 Å². The minimum atomic E-state index is -0.297. The third-order valence-electron chi connectivity index (χ3n) is 5.85. The summed E-state index contributed by atoms with van der Waals surface area (Å²) in [6.07, 6.45) is 2.17. The van der Waals surface area contributed by atoms with Crippen LogP contribution in [0.5, 0.6) is 11.5 Å². The average molecular weight is 470 g/mol. The Morgan fingerprint density at radius 1 is 1.15 bits per heavy atom. The summed E-state index contributed by atoms with van der Waals surface area (Å²) < 4.78 is 29.9. The minimum Gasteiger partial charge on any atom is -0.454 e. The van der Waals surface area contributed by atoms with E-state index in [1.54, 1.807) is 18.2 Å². The summed E-state index contributed by atoms with van der Waals surface area (Å²) in [6, 6.07) is 11.7. The zero-order valence-corrected chi connectivity index (χ0v) is 18.8. The Balaban J connectivity index is 1.40. The Kier molecular flexibility index (Phi) is 6.15. The lowest BCUT2D eigenvalue weighted by Crippen LogP contribution is -2.42. The molecule has 1 aromatic heterocycles. The Morgan fingerprint density at radius 2 is 1.94 bits per heavy atom. The van der Waals surface area contributed by atoms with Crippen LogP contribution in [-0.2, 0) is 17.8 Å². The second-order valence-electron chi connectivity index (χ2n) is 8.22. The molecule has 5 rings (SSSR count). The van der Waals surface area contributed by atoms with Crippen LogP contribution in [0.4, 0.5) is 4.39 Å². The van der Waals surface area contributed by atoms with Crippen molar-refractivity contribution in [3.63, 3.8) is 0 Å². The number of thiocarbonyl (C=S) groups is 1. The highest BCUT2D eigenvalue weighted by Gasteiger charge is 2.20. The van der Waals surface area contributed by atoms with Crippen molar-refractivity contribution in [2.24, 2.45) is 0 Å². The molecule has 0 bridgehead atoms. The molecule has 1 saturated heterocycles. The van der Waals surface area contributed by atoms with E-state index in [1.807, 2.05) is 17.0 Å². The fourth-order valence-corrected chi connectivity index (χ4v) is 4.30. The molecule has 2 aliphatic heterocycles. The number of aromatic nitrogens is 1. The maximum Gasteiger partial charge on any atom is 0.253 e. The number of rotatable bonds is 6. The van der Waals surface area contributed by atoms with Crippen LogP contribution in [0.3, 0.4) is 0 Å². The maximum atomic E-state index is 13.4. The van der Waals surface area contributed by atoms with Crippen LogP contribution in [0, 0.1) is 5.82 Å². The van der Waals surface area contributed by atoms with Gasteiger partial charge in [0, 0.05) is 36.7 Å². The highest BCUT2D eigenvalue weighted by Crippen LogP contribution is 2.35. The van der Waals surface area contributed by atoms with Gasteiger partial charge in [-0.2, -0.15) is 0 Å². The molecule has 1 fully saturated rings. The second kappa shape index (κ2) is 9.36. The smallest absolute Gasteiger partial charge is 0.253 e. The van der Waals surface area contributed by atoms with Gasteiger partial charge in [0.1, 0.15) is 5.82 Å². The molecule has 1 atom stereocenters. The van der Waals surface area contributed by atoms with Gasteiger partial charge in [-0.25, -0.2) is 4.39 Å². The lowest BCUT2D eigenvalue weighted by atomic mass is 10.1. The fourth-order valence-electron chi connectivity index (χ4n) is 4.09. The molecule has 2 N–H and O–H groups in total. The van der Waals surface area contributed by atoms with E-state index in [2.05, 4.69) is 10.3 Å². The molecule has 33 heavy (non-hydrogen) atoms. The Labute approximate surface area is 195 Å². The standard InChI is InChI=1S/C24H24FN3O4S/c25-18-5-3-15(4-6-18)12-28(24(33)26-11-19-2-1-7-30-19)13-17-8-16-9-21-22(32-14-31-21)10-20(16)27-23(17)29/h3-6,8-10,19H,1-2,7,11-14H2,(H,26,33)(H,27,29). The van der Waals surface area contributed by atoms with Gasteiger partial charge < -0.3 is 29.4 Å². The predicted molar refractivity (Wildman–Crippen MR) is 126 cm³/mol. The first-order valence-corrected chi connectivity index (χ1v) is 11.3. The minimum absolute atomic E-state index is 0.129. The first-order valence-electron chi connectivity index (χ1n) is 10.9. The number of pyridine rings is 1. The molecule has 7 nitrogen and oxygen atoms in total. The second-order valence-corrected chi connectivity index (χ2v) is 8.61. The van der Waals surface area contributed by atoms with Crippen LogP contribution in [-0.4, -0.2) is 41.0 Å². The summed E-state index contributed by atoms with van der Waals surface area (Å²) in [4.78, 5) is 17.7. The van der Waals surface area contributed by atoms with Crippen molar-refractivity contribution in [3.05, 3.63) is 69.8 Å². The number of H-pyrrole nitrogens is 1. The first-order chi connectivity index (χ1) is 16.0. The van der Waals surface area contributed by atoms with Crippen LogP contribution in [0.1, 0.15) is 24.0 Å². The SMILES string of the molecule is O=c1[nH]c2cc3c(cc2cc1CN(Cc1ccc(F)cc1)C(=S)NCC1CCCO1)OCO3. The van der Waals surface area contributed by atoms with Gasteiger partial charge in [-0.1, -0.05) is 12.1 Å². The number of fused-ring (bicyclic) bond motifs is 2. The average Bonchev–Trinajstić information content (AvgIpc) is 3.49. The van der Waals surface area contributed by atoms with Gasteiger partial charge in [-0.15, -0.1) is 0 Å². The monoisotopic (exact) mass is 469 g/mol. The summed E-state index contributed by atoms with van der Waals surface area (Å²) in [5.41, 5.74) is 1.92. The Bertz CT molecular complexity index is 1220. The number of nitrogens with one attached hydrogen (secondary N) is 2. The van der Waals surface area contributed by atoms with Crippen molar-refractivity contribution >= 4 is 28.2 Å². The molecule has 2 aromatic carbocycles. The lowest BCUT2D eigenvalue weighted by Gasteiger charge is -2.27. The summed E-state index contributed by atoms with van der Waals surface area (Å²) in [5.74, 6) is 0.967. The number of ether oxygens (including phenoxy) is 3. The molecule has 1 unspecified atom stereocenters. The van der Waals surface area contributed by atoms with E-state index in [-0.39, 0.29) is 30.8 Å². The molecule has 0 amide bonds. The Morgan fingerprint density at radius 3 is 2.70 bits per heavy atom. The van der Waals surface area contributed by atoms with Gasteiger partial charge in [0.05, 0.1) is 18.2 Å². The topological polar surface area (TPSA) is 75.8 Å². The molecule has 0 saturated carbocycles. The highest BCUT2D eigenvalue weighted by molar-refractivity contribution is 7.80. The van der Waals surface area contributed by atoms with Gasteiger partial charge in [0.2, 0.25) is 6.79 Å². The largest absolute Gasteiger partial charge is 0.454 e. The molecule has 2 aliphatic rings. The van der Waals surface area contributed by atoms with Crippen molar-refractivity contribution in [3.8, 4) is 11.5 Å². The summed E-state index contributed by atoms with van der Waals surface area (Å²) in [7, 11) is 0. The van der Waals surface area contributed by atoms with Gasteiger partial charge >= 0.3 is 0 Å². The fraction of sp³-hybridized carbons (Fsp3) is 0.333. The van der Waals surface area contributed by atoms with E-state index < -0.39 is 0 Å². The number of hydrogen-bond donors (Lipinski definition) is 2. The van der Waals surface area contributed by atoms with Gasteiger partial charge in [-0.05, 0) is 54.9 Å². The van der Waals surface area contributed by atoms with E-state index in [9.17, 15) is 9.18 Å². The van der Waals surface area contributed by atoms with E-state index in [0.717, 1.165) is 30.4 Å².